The molecule has 0 aliphatic rings. The monoisotopic (exact) mass is 289 g/mol. The van der Waals surface area contributed by atoms with E-state index in [9.17, 15) is 9.59 Å². The Morgan fingerprint density at radius 3 is 2.62 bits per heavy atom. The van der Waals surface area contributed by atoms with Crippen molar-refractivity contribution in [2.75, 3.05) is 5.32 Å². The number of benzene rings is 1. The van der Waals surface area contributed by atoms with E-state index in [1.165, 1.54) is 11.0 Å². The Morgan fingerprint density at radius 1 is 1.33 bits per heavy atom. The third kappa shape index (κ3) is 4.03. The van der Waals surface area contributed by atoms with Crippen molar-refractivity contribution in [3.8, 4) is 0 Å². The van der Waals surface area contributed by atoms with E-state index in [0.717, 1.165) is 0 Å². The molecule has 3 N–H and O–H groups in total. The number of urea groups is 1. The summed E-state index contributed by atoms with van der Waals surface area (Å²) in [4.78, 5) is 26.7. The van der Waals surface area contributed by atoms with E-state index >= 15 is 0 Å². The lowest BCUT2D eigenvalue weighted by Gasteiger charge is -2.17. The number of aromatic nitrogens is 3. The zero-order valence-corrected chi connectivity index (χ0v) is 11.4. The number of hydrogen-bond donors (Lipinski definition) is 3. The fourth-order valence-corrected chi connectivity index (χ4v) is 1.82. The topological polar surface area (TPSA) is 109 Å². The molecule has 1 heterocycles. The number of carbonyl (C=O) groups excluding carboxylic acids is 1. The van der Waals surface area contributed by atoms with Crippen LogP contribution < -0.4 is 10.6 Å². The first kappa shape index (κ1) is 14.5. The van der Waals surface area contributed by atoms with Gasteiger partial charge in [-0.1, -0.05) is 30.3 Å². The molecular weight excluding hydrogens is 274 g/mol. The quantitative estimate of drug-likeness (QED) is 0.765. The molecule has 0 saturated carbocycles. The minimum absolute atomic E-state index is 0.212. The van der Waals surface area contributed by atoms with Gasteiger partial charge in [-0.3, -0.25) is 10.1 Å². The number of carboxylic acids is 1. The second kappa shape index (κ2) is 6.51. The summed E-state index contributed by atoms with van der Waals surface area (Å²) in [6.45, 7) is 0. The lowest BCUT2D eigenvalue weighted by molar-refractivity contribution is -0.137. The van der Waals surface area contributed by atoms with E-state index < -0.39 is 18.0 Å². The normalized spacial score (nSPS) is 11.7. The molecule has 21 heavy (non-hydrogen) atoms. The van der Waals surface area contributed by atoms with Crippen molar-refractivity contribution >= 4 is 17.9 Å². The third-order valence-corrected chi connectivity index (χ3v) is 2.82. The van der Waals surface area contributed by atoms with Crippen molar-refractivity contribution in [3.05, 3.63) is 42.2 Å². The number of hydrogen-bond acceptors (Lipinski definition) is 4. The van der Waals surface area contributed by atoms with E-state index in [1.54, 1.807) is 31.3 Å². The zero-order chi connectivity index (χ0) is 15.2. The Labute approximate surface area is 120 Å². The molecule has 2 aromatic rings. The van der Waals surface area contributed by atoms with Crippen LogP contribution in [0.3, 0.4) is 0 Å². The van der Waals surface area contributed by atoms with E-state index in [4.69, 9.17) is 5.11 Å². The summed E-state index contributed by atoms with van der Waals surface area (Å²) in [7, 11) is 1.63. The van der Waals surface area contributed by atoms with Gasteiger partial charge >= 0.3 is 12.0 Å². The van der Waals surface area contributed by atoms with Crippen LogP contribution in [0, 0.1) is 0 Å². The van der Waals surface area contributed by atoms with Crippen LogP contribution in [0.1, 0.15) is 18.0 Å². The summed E-state index contributed by atoms with van der Waals surface area (Å²) < 4.78 is 1.40. The summed E-state index contributed by atoms with van der Waals surface area (Å²) in [5, 5.41) is 17.9. The predicted octanol–water partition coefficient (Wildman–Crippen LogP) is 1.15. The van der Waals surface area contributed by atoms with E-state index in [-0.39, 0.29) is 12.4 Å². The number of rotatable bonds is 5. The van der Waals surface area contributed by atoms with Crippen molar-refractivity contribution in [1.82, 2.24) is 20.1 Å². The van der Waals surface area contributed by atoms with E-state index in [0.29, 0.717) is 5.56 Å². The third-order valence-electron chi connectivity index (χ3n) is 2.82. The summed E-state index contributed by atoms with van der Waals surface area (Å²) in [6, 6.07) is 7.74. The Balaban J connectivity index is 2.06. The van der Waals surface area contributed by atoms with Crippen LogP contribution in [-0.2, 0) is 11.8 Å². The van der Waals surface area contributed by atoms with Crippen LogP contribution >= 0.6 is 0 Å². The highest BCUT2D eigenvalue weighted by Gasteiger charge is 2.18. The molecule has 1 aromatic carbocycles. The highest BCUT2D eigenvalue weighted by molar-refractivity contribution is 5.88. The van der Waals surface area contributed by atoms with Crippen molar-refractivity contribution in [2.45, 2.75) is 12.5 Å². The summed E-state index contributed by atoms with van der Waals surface area (Å²) in [5.74, 6) is -0.725. The number of anilines is 1. The maximum absolute atomic E-state index is 11.9. The Morgan fingerprint density at radius 2 is 2.05 bits per heavy atom. The molecule has 8 heteroatoms. The second-order valence-electron chi connectivity index (χ2n) is 4.37. The number of carbonyl (C=O) groups is 2. The molecule has 2 amide bonds. The van der Waals surface area contributed by atoms with E-state index in [1.807, 2.05) is 6.07 Å². The Bertz CT molecular complexity index is 626. The van der Waals surface area contributed by atoms with Gasteiger partial charge in [-0.15, -0.1) is 0 Å². The number of amides is 2. The molecular formula is C13H15N5O3. The van der Waals surface area contributed by atoms with E-state index in [2.05, 4.69) is 20.7 Å². The first-order valence-corrected chi connectivity index (χ1v) is 6.24. The number of nitrogens with one attached hydrogen (secondary N) is 2. The lowest BCUT2D eigenvalue weighted by Crippen LogP contribution is -2.34. The van der Waals surface area contributed by atoms with Crippen molar-refractivity contribution in [3.63, 3.8) is 0 Å². The molecule has 1 atom stereocenters. The highest BCUT2D eigenvalue weighted by atomic mass is 16.4. The van der Waals surface area contributed by atoms with Crippen LogP contribution in [0.2, 0.25) is 0 Å². The summed E-state index contributed by atoms with van der Waals surface area (Å²) in [6.07, 6.45) is 1.10. The molecule has 1 aromatic heterocycles. The molecule has 0 fully saturated rings. The second-order valence-corrected chi connectivity index (χ2v) is 4.37. The van der Waals surface area contributed by atoms with Crippen LogP contribution in [0.5, 0.6) is 0 Å². The molecule has 0 spiro atoms. The lowest BCUT2D eigenvalue weighted by atomic mass is 10.0. The number of nitrogens with zero attached hydrogens (tertiary/aromatic N) is 3. The number of aryl methyl sites for hydroxylation is 1. The summed E-state index contributed by atoms with van der Waals surface area (Å²) in [5.41, 5.74) is 0.716. The molecule has 0 aliphatic carbocycles. The molecule has 2 rings (SSSR count). The van der Waals surface area contributed by atoms with Crippen LogP contribution in [0.25, 0.3) is 0 Å². The molecule has 0 bridgehead atoms. The zero-order valence-electron chi connectivity index (χ0n) is 11.4. The molecule has 0 radical (unpaired) electrons. The van der Waals surface area contributed by atoms with Gasteiger partial charge in [0, 0.05) is 7.05 Å². The SMILES string of the molecule is Cn1ncnc1NC(=O)NC(CC(=O)O)c1ccccc1. The Hall–Kier alpha value is -2.90. The highest BCUT2D eigenvalue weighted by Crippen LogP contribution is 2.16. The largest absolute Gasteiger partial charge is 0.481 e. The average Bonchev–Trinajstić information content (AvgIpc) is 2.84. The van der Waals surface area contributed by atoms with Gasteiger partial charge in [0.25, 0.3) is 0 Å². The van der Waals surface area contributed by atoms with Gasteiger partial charge in [-0.2, -0.15) is 10.1 Å². The molecule has 110 valence electrons. The Kier molecular flexibility index (Phi) is 4.50. The first-order chi connectivity index (χ1) is 10.1. The average molecular weight is 289 g/mol. The van der Waals surface area contributed by atoms with Crippen LogP contribution in [-0.4, -0.2) is 31.9 Å². The maximum atomic E-state index is 11.9. The van der Waals surface area contributed by atoms with Gasteiger partial charge < -0.3 is 10.4 Å². The molecule has 8 nitrogen and oxygen atoms in total. The van der Waals surface area contributed by atoms with Gasteiger partial charge in [0.05, 0.1) is 12.5 Å². The van der Waals surface area contributed by atoms with Crippen LogP contribution in [0.15, 0.2) is 36.7 Å². The minimum Gasteiger partial charge on any atom is -0.481 e. The van der Waals surface area contributed by atoms with Crippen molar-refractivity contribution < 1.29 is 14.7 Å². The van der Waals surface area contributed by atoms with Gasteiger partial charge in [-0.25, -0.2) is 9.48 Å². The molecule has 0 aliphatic heterocycles. The van der Waals surface area contributed by atoms with Gasteiger partial charge in [0.15, 0.2) is 0 Å². The van der Waals surface area contributed by atoms with Crippen molar-refractivity contribution in [2.24, 2.45) is 7.05 Å². The maximum Gasteiger partial charge on any atom is 0.322 e. The molecule has 0 saturated heterocycles. The minimum atomic E-state index is -0.997. The predicted molar refractivity (Wildman–Crippen MR) is 74.6 cm³/mol. The van der Waals surface area contributed by atoms with Crippen LogP contribution in [0.4, 0.5) is 10.7 Å². The van der Waals surface area contributed by atoms with Gasteiger partial charge in [-0.05, 0) is 5.56 Å². The fraction of sp³-hybridized carbons (Fsp3) is 0.231. The van der Waals surface area contributed by atoms with Gasteiger partial charge in [0.1, 0.15) is 6.33 Å². The fourth-order valence-electron chi connectivity index (χ4n) is 1.82. The van der Waals surface area contributed by atoms with Crippen molar-refractivity contribution in [1.29, 1.82) is 0 Å². The molecule has 1 unspecified atom stereocenters. The number of aliphatic carboxylic acids is 1. The van der Waals surface area contributed by atoms with Gasteiger partial charge in [0.2, 0.25) is 5.95 Å². The standard InChI is InChI=1S/C13H15N5O3/c1-18-12(14-8-15-18)17-13(21)16-10(7-11(19)20)9-5-3-2-4-6-9/h2-6,8,10H,7H2,1H3,(H,19,20)(H2,14,15,16,17,21). The summed E-state index contributed by atoms with van der Waals surface area (Å²) >= 11 is 0. The number of carboxylic acid groups (broad SMARTS) is 1. The smallest absolute Gasteiger partial charge is 0.322 e. The first-order valence-electron chi connectivity index (χ1n) is 6.24.